The molecule has 9 nitrogen and oxygen atoms in total. The van der Waals surface area contributed by atoms with Crippen molar-refractivity contribution in [1.29, 1.82) is 0 Å². The summed E-state index contributed by atoms with van der Waals surface area (Å²) in [4.78, 5) is 46.3. The summed E-state index contributed by atoms with van der Waals surface area (Å²) in [6, 6.07) is 7.73. The van der Waals surface area contributed by atoms with Crippen LogP contribution in [-0.2, 0) is 25.7 Å². The lowest BCUT2D eigenvalue weighted by Gasteiger charge is -2.17. The Bertz CT molecular complexity index is 606. The number of hydrogen-bond acceptors (Lipinski definition) is 5. The number of primary amides is 1. The van der Waals surface area contributed by atoms with Crippen molar-refractivity contribution in [3.8, 4) is 0 Å². The third-order valence-electron chi connectivity index (χ3n) is 3.02. The van der Waals surface area contributed by atoms with Crippen molar-refractivity contribution in [3.63, 3.8) is 0 Å². The Kier molecular flexibility index (Phi) is 8.48. The van der Waals surface area contributed by atoms with Crippen LogP contribution in [0.4, 0.5) is 4.79 Å². The van der Waals surface area contributed by atoms with E-state index < -0.39 is 30.4 Å². The molecule has 0 unspecified atom stereocenters. The second-order valence-electron chi connectivity index (χ2n) is 5.10. The zero-order valence-corrected chi connectivity index (χ0v) is 13.9. The number of ether oxygens (including phenoxy) is 1. The number of alkyl carbamates (subject to hydrolysis) is 1. The first-order valence-corrected chi connectivity index (χ1v) is 7.72. The average Bonchev–Trinajstić information content (AvgIpc) is 2.58. The van der Waals surface area contributed by atoms with Crippen LogP contribution in [0.5, 0.6) is 0 Å². The molecule has 0 bridgehead atoms. The molecule has 0 saturated carbocycles. The van der Waals surface area contributed by atoms with Crippen molar-refractivity contribution in [1.82, 2.24) is 16.0 Å². The van der Waals surface area contributed by atoms with Gasteiger partial charge in [-0.25, -0.2) is 4.79 Å². The molecule has 1 rings (SSSR count). The summed E-state index contributed by atoms with van der Waals surface area (Å²) in [5.74, 6) is -1.87. The number of amides is 4. The highest BCUT2D eigenvalue weighted by molar-refractivity contribution is 5.92. The van der Waals surface area contributed by atoms with E-state index in [0.29, 0.717) is 6.54 Å². The number of hydrogen-bond donors (Lipinski definition) is 4. The maximum absolute atomic E-state index is 12.0. The number of likely N-dealkylation sites (N-methyl/N-ethyl adjacent to an activating group) is 1. The van der Waals surface area contributed by atoms with E-state index >= 15 is 0 Å². The van der Waals surface area contributed by atoms with E-state index in [9.17, 15) is 19.2 Å². The average molecular weight is 350 g/mol. The molecule has 9 heteroatoms. The summed E-state index contributed by atoms with van der Waals surface area (Å²) in [5.41, 5.74) is 5.85. The Balaban J connectivity index is 2.53. The molecule has 0 saturated heterocycles. The Morgan fingerprint density at radius 3 is 2.40 bits per heavy atom. The second kappa shape index (κ2) is 10.6. The van der Waals surface area contributed by atoms with E-state index in [4.69, 9.17) is 10.5 Å². The van der Waals surface area contributed by atoms with E-state index in [1.54, 1.807) is 31.2 Å². The van der Waals surface area contributed by atoms with Crippen LogP contribution in [0.1, 0.15) is 18.9 Å². The third kappa shape index (κ3) is 8.35. The van der Waals surface area contributed by atoms with Crippen molar-refractivity contribution in [2.24, 2.45) is 5.73 Å². The molecule has 0 spiro atoms. The predicted molar refractivity (Wildman–Crippen MR) is 89.1 cm³/mol. The fourth-order valence-corrected chi connectivity index (χ4v) is 1.87. The fourth-order valence-electron chi connectivity index (χ4n) is 1.87. The maximum Gasteiger partial charge on any atom is 0.408 e. The molecule has 0 heterocycles. The van der Waals surface area contributed by atoms with E-state index in [0.717, 1.165) is 5.56 Å². The minimum absolute atomic E-state index is 0.0104. The molecule has 0 aromatic heterocycles. The predicted octanol–water partition coefficient (Wildman–Crippen LogP) is -0.591. The van der Waals surface area contributed by atoms with E-state index in [2.05, 4.69) is 16.0 Å². The van der Waals surface area contributed by atoms with E-state index in [1.807, 2.05) is 6.07 Å². The van der Waals surface area contributed by atoms with Gasteiger partial charge in [-0.05, 0) is 12.5 Å². The van der Waals surface area contributed by atoms with Gasteiger partial charge in [-0.15, -0.1) is 0 Å². The van der Waals surface area contributed by atoms with Crippen molar-refractivity contribution in [2.75, 3.05) is 13.1 Å². The lowest BCUT2D eigenvalue weighted by Crippen LogP contribution is -2.50. The maximum atomic E-state index is 12.0. The summed E-state index contributed by atoms with van der Waals surface area (Å²) >= 11 is 0. The molecule has 1 atom stereocenters. The van der Waals surface area contributed by atoms with E-state index in [-0.39, 0.29) is 19.1 Å². The second-order valence-corrected chi connectivity index (χ2v) is 5.10. The highest BCUT2D eigenvalue weighted by atomic mass is 16.5. The van der Waals surface area contributed by atoms with Crippen molar-refractivity contribution in [2.45, 2.75) is 26.0 Å². The zero-order chi connectivity index (χ0) is 18.7. The quantitative estimate of drug-likeness (QED) is 0.471. The first-order chi connectivity index (χ1) is 11.9. The lowest BCUT2D eigenvalue weighted by atomic mass is 10.2. The molecule has 0 fully saturated rings. The van der Waals surface area contributed by atoms with Crippen molar-refractivity contribution < 1.29 is 23.9 Å². The van der Waals surface area contributed by atoms with Crippen LogP contribution < -0.4 is 21.7 Å². The van der Waals surface area contributed by atoms with Crippen LogP contribution in [-0.4, -0.2) is 42.9 Å². The molecule has 0 aliphatic carbocycles. The minimum Gasteiger partial charge on any atom is -0.445 e. The number of carbonyl (C=O) groups is 4. The lowest BCUT2D eigenvalue weighted by molar-refractivity contribution is -0.129. The van der Waals surface area contributed by atoms with Crippen LogP contribution in [0.2, 0.25) is 0 Å². The number of nitrogens with one attached hydrogen (secondary N) is 3. The van der Waals surface area contributed by atoms with Crippen molar-refractivity contribution >= 4 is 23.8 Å². The normalized spacial score (nSPS) is 11.1. The molecular weight excluding hydrogens is 328 g/mol. The van der Waals surface area contributed by atoms with Crippen LogP contribution >= 0.6 is 0 Å². The molecular formula is C16H22N4O5. The summed E-state index contributed by atoms with van der Waals surface area (Å²) in [7, 11) is 0. The molecule has 0 aliphatic heterocycles. The largest absolute Gasteiger partial charge is 0.445 e. The van der Waals surface area contributed by atoms with Gasteiger partial charge in [0, 0.05) is 6.54 Å². The molecule has 136 valence electrons. The summed E-state index contributed by atoms with van der Waals surface area (Å²) < 4.78 is 4.99. The van der Waals surface area contributed by atoms with Gasteiger partial charge in [0.1, 0.15) is 12.6 Å². The van der Waals surface area contributed by atoms with Crippen LogP contribution in [0.3, 0.4) is 0 Å². The standard InChI is InChI=1S/C16H22N4O5/c1-2-18-14(22)9-19-15(23)12(8-13(17)21)20-16(24)25-10-11-6-4-3-5-7-11/h3-7,12H,2,8-10H2,1H3,(H2,17,21)(H,18,22)(H,19,23)(H,20,24)/t12-/m0/s1. The first-order valence-electron chi connectivity index (χ1n) is 7.72. The van der Waals surface area contributed by atoms with Gasteiger partial charge in [0.2, 0.25) is 17.7 Å². The van der Waals surface area contributed by atoms with Gasteiger partial charge < -0.3 is 26.4 Å². The molecule has 25 heavy (non-hydrogen) atoms. The monoisotopic (exact) mass is 350 g/mol. The van der Waals surface area contributed by atoms with Crippen LogP contribution in [0, 0.1) is 0 Å². The number of rotatable bonds is 9. The Labute approximate surface area is 145 Å². The zero-order valence-electron chi connectivity index (χ0n) is 13.9. The van der Waals surface area contributed by atoms with Gasteiger partial charge in [-0.3, -0.25) is 14.4 Å². The smallest absolute Gasteiger partial charge is 0.408 e. The summed E-state index contributed by atoms with van der Waals surface area (Å²) in [5, 5.41) is 7.09. The van der Waals surface area contributed by atoms with Gasteiger partial charge in [-0.2, -0.15) is 0 Å². The Hall–Kier alpha value is -3.10. The number of carbonyl (C=O) groups excluding carboxylic acids is 4. The van der Waals surface area contributed by atoms with Gasteiger partial charge in [0.25, 0.3) is 0 Å². The molecule has 4 amide bonds. The Morgan fingerprint density at radius 1 is 1.12 bits per heavy atom. The molecule has 1 aromatic carbocycles. The van der Waals surface area contributed by atoms with E-state index in [1.165, 1.54) is 0 Å². The van der Waals surface area contributed by atoms with Gasteiger partial charge in [-0.1, -0.05) is 30.3 Å². The highest BCUT2D eigenvalue weighted by Gasteiger charge is 2.23. The number of nitrogens with two attached hydrogens (primary N) is 1. The van der Waals surface area contributed by atoms with Crippen molar-refractivity contribution in [3.05, 3.63) is 35.9 Å². The highest BCUT2D eigenvalue weighted by Crippen LogP contribution is 2.01. The van der Waals surface area contributed by atoms with Gasteiger partial charge in [0.05, 0.1) is 13.0 Å². The topological polar surface area (TPSA) is 140 Å². The Morgan fingerprint density at radius 2 is 1.80 bits per heavy atom. The molecule has 5 N–H and O–H groups in total. The van der Waals surface area contributed by atoms with Crippen LogP contribution in [0.25, 0.3) is 0 Å². The molecule has 0 radical (unpaired) electrons. The first kappa shape index (κ1) is 19.9. The summed E-state index contributed by atoms with van der Waals surface area (Å²) in [6.07, 6.45) is -1.29. The SMILES string of the molecule is CCNC(=O)CNC(=O)[C@H](CC(N)=O)NC(=O)OCc1ccccc1. The third-order valence-corrected chi connectivity index (χ3v) is 3.02. The summed E-state index contributed by atoms with van der Waals surface area (Å²) in [6.45, 7) is 1.89. The van der Waals surface area contributed by atoms with Gasteiger partial charge >= 0.3 is 6.09 Å². The molecule has 1 aromatic rings. The van der Waals surface area contributed by atoms with Crippen LogP contribution in [0.15, 0.2) is 30.3 Å². The minimum atomic E-state index is -1.23. The number of benzene rings is 1. The molecule has 0 aliphatic rings. The fraction of sp³-hybridized carbons (Fsp3) is 0.375. The van der Waals surface area contributed by atoms with Gasteiger partial charge in [0.15, 0.2) is 0 Å².